The zero-order valence-electron chi connectivity index (χ0n) is 20.3. The van der Waals surface area contributed by atoms with E-state index in [2.05, 4.69) is 15.6 Å². The fourth-order valence-corrected chi connectivity index (χ4v) is 4.05. The van der Waals surface area contributed by atoms with E-state index in [0.717, 1.165) is 6.21 Å². The predicted octanol–water partition coefficient (Wildman–Crippen LogP) is 3.62. The van der Waals surface area contributed by atoms with Gasteiger partial charge in [0.15, 0.2) is 0 Å². The van der Waals surface area contributed by atoms with Crippen molar-refractivity contribution in [3.05, 3.63) is 59.8 Å². The summed E-state index contributed by atoms with van der Waals surface area (Å²) >= 11 is 0. The molecule has 2 aromatic rings. The maximum Gasteiger partial charge on any atom is 0.268 e. The van der Waals surface area contributed by atoms with E-state index in [-0.39, 0.29) is 30.0 Å². The van der Waals surface area contributed by atoms with Gasteiger partial charge in [-0.15, -0.1) is 0 Å². The third-order valence-corrected chi connectivity index (χ3v) is 5.85. The smallest absolute Gasteiger partial charge is 0.268 e. The van der Waals surface area contributed by atoms with Gasteiger partial charge >= 0.3 is 0 Å². The molecule has 8 nitrogen and oxygen atoms in total. The predicted molar refractivity (Wildman–Crippen MR) is 134 cm³/mol. The number of amides is 3. The number of fused-ring (bicyclic) bond motifs is 1. The van der Waals surface area contributed by atoms with Crippen molar-refractivity contribution in [3.8, 4) is 0 Å². The summed E-state index contributed by atoms with van der Waals surface area (Å²) in [5.41, 5.74) is 0.545. The average molecular weight is 500 g/mol. The maximum absolute atomic E-state index is 14.1. The van der Waals surface area contributed by atoms with E-state index in [9.17, 15) is 23.2 Å². The van der Waals surface area contributed by atoms with Crippen LogP contribution in [-0.2, 0) is 9.59 Å². The normalized spacial score (nSPS) is 20.5. The lowest BCUT2D eigenvalue weighted by molar-refractivity contribution is -0.139. The Morgan fingerprint density at radius 2 is 2.08 bits per heavy atom. The molecule has 0 spiro atoms. The molecule has 1 aromatic carbocycles. The van der Waals surface area contributed by atoms with Gasteiger partial charge in [0.2, 0.25) is 11.8 Å². The number of hydrogen-bond acceptors (Lipinski definition) is 4. The molecule has 2 heterocycles. The maximum atomic E-state index is 14.1. The summed E-state index contributed by atoms with van der Waals surface area (Å²) in [6.45, 7) is 3.07. The number of nitrogens with one attached hydrogen (secondary N) is 4. The highest BCUT2D eigenvalue weighted by atomic mass is 19.1. The van der Waals surface area contributed by atoms with Crippen molar-refractivity contribution < 1.29 is 23.2 Å². The summed E-state index contributed by atoms with van der Waals surface area (Å²) < 4.78 is 27.9. The minimum Gasteiger partial charge on any atom is -0.350 e. The van der Waals surface area contributed by atoms with Crippen LogP contribution < -0.4 is 10.6 Å². The Bertz CT molecular complexity index is 1190. The highest BCUT2D eigenvalue weighted by Crippen LogP contribution is 2.20. The first-order valence-electron chi connectivity index (χ1n) is 11.9. The number of allylic oxidation sites excluding steroid dienone is 3. The number of rotatable bonds is 6. The first-order valence-corrected chi connectivity index (χ1v) is 11.9. The first kappa shape index (κ1) is 26.8. The van der Waals surface area contributed by atoms with Crippen LogP contribution in [0.4, 0.5) is 8.78 Å². The largest absolute Gasteiger partial charge is 0.350 e. The second-order valence-corrected chi connectivity index (χ2v) is 9.14. The van der Waals surface area contributed by atoms with Gasteiger partial charge in [0.25, 0.3) is 5.91 Å². The minimum absolute atomic E-state index is 0.0151. The molecule has 36 heavy (non-hydrogen) atoms. The fraction of sp³-hybridized carbons (Fsp3) is 0.385. The van der Waals surface area contributed by atoms with Gasteiger partial charge in [-0.2, -0.15) is 0 Å². The van der Waals surface area contributed by atoms with Gasteiger partial charge in [-0.05, 0) is 49.5 Å². The Balaban J connectivity index is 1.86. The molecule has 0 fully saturated rings. The molecule has 1 aliphatic rings. The molecule has 0 unspecified atom stereocenters. The third-order valence-electron chi connectivity index (χ3n) is 5.85. The molecule has 2 atom stereocenters. The van der Waals surface area contributed by atoms with E-state index in [1.165, 1.54) is 35.3 Å². The molecule has 1 aromatic heterocycles. The van der Waals surface area contributed by atoms with Gasteiger partial charge in [-0.1, -0.05) is 32.1 Å². The number of hydrogen-bond donors (Lipinski definition) is 4. The number of halogens is 2. The molecule has 4 N–H and O–H groups in total. The zero-order chi connectivity index (χ0) is 26.2. The number of nitrogens with zero attached hydrogens (tertiary/aromatic N) is 1. The number of H-pyrrole nitrogens is 1. The summed E-state index contributed by atoms with van der Waals surface area (Å²) in [5.74, 6) is -2.69. The lowest BCUT2D eigenvalue weighted by atomic mass is 10.0. The molecule has 10 heteroatoms. The highest BCUT2D eigenvalue weighted by molar-refractivity contribution is 6.01. The van der Waals surface area contributed by atoms with Gasteiger partial charge in [0, 0.05) is 17.1 Å². The number of aromatic nitrogens is 1. The lowest BCUT2D eigenvalue weighted by Gasteiger charge is -2.33. The van der Waals surface area contributed by atoms with Gasteiger partial charge < -0.3 is 25.9 Å². The molecule has 3 rings (SSSR count). The van der Waals surface area contributed by atoms with Gasteiger partial charge in [-0.25, -0.2) is 8.78 Å². The molecule has 0 saturated carbocycles. The molecule has 0 aliphatic carbocycles. The zero-order valence-corrected chi connectivity index (χ0v) is 20.3. The quantitative estimate of drug-likeness (QED) is 0.455. The summed E-state index contributed by atoms with van der Waals surface area (Å²) in [6, 6.07) is 4.15. The SMILES string of the molecule is CC(C)C[C@H](NC(=O)c1cc2c(F)cccc2[nH]1)C(=O)N1CC(=O)NC/C(F)=C\C=C/CC[C@H]1C=N. The Kier molecular flexibility index (Phi) is 9.10. The number of carbonyl (C=O) groups is 3. The summed E-state index contributed by atoms with van der Waals surface area (Å²) in [4.78, 5) is 43.4. The van der Waals surface area contributed by atoms with Crippen LogP contribution in [0.3, 0.4) is 0 Å². The fourth-order valence-electron chi connectivity index (χ4n) is 4.05. The second kappa shape index (κ2) is 12.2. The third kappa shape index (κ3) is 6.87. The van der Waals surface area contributed by atoms with Crippen molar-refractivity contribution in [1.82, 2.24) is 20.5 Å². The summed E-state index contributed by atoms with van der Waals surface area (Å²) in [6.07, 6.45) is 6.69. The van der Waals surface area contributed by atoms with Gasteiger partial charge in [0.1, 0.15) is 29.9 Å². The molecular formula is C26H31F2N5O3. The average Bonchev–Trinajstić information content (AvgIpc) is 3.28. The van der Waals surface area contributed by atoms with E-state index in [0.29, 0.717) is 18.4 Å². The molecule has 3 amide bonds. The van der Waals surface area contributed by atoms with Crippen molar-refractivity contribution in [2.24, 2.45) is 5.92 Å². The van der Waals surface area contributed by atoms with Crippen molar-refractivity contribution in [3.63, 3.8) is 0 Å². The monoisotopic (exact) mass is 499 g/mol. The van der Waals surface area contributed by atoms with E-state index < -0.39 is 48.0 Å². The van der Waals surface area contributed by atoms with E-state index in [4.69, 9.17) is 5.41 Å². The molecule has 0 radical (unpaired) electrons. The minimum atomic E-state index is -0.996. The van der Waals surface area contributed by atoms with Crippen LogP contribution in [0.25, 0.3) is 10.9 Å². The van der Waals surface area contributed by atoms with Crippen LogP contribution in [0.1, 0.15) is 43.6 Å². The summed E-state index contributed by atoms with van der Waals surface area (Å²) in [7, 11) is 0. The lowest BCUT2D eigenvalue weighted by Crippen LogP contribution is -2.55. The Hall–Kier alpha value is -3.82. The number of aromatic amines is 1. The van der Waals surface area contributed by atoms with E-state index >= 15 is 0 Å². The standard InChI is InChI=1S/C26H31F2N5O3/c1-16(2)11-23(32-25(35)22-12-19-20(28)9-6-10-21(19)31-22)26(36)33-15-24(34)30-14-17(27)7-4-3-5-8-18(33)13-29/h3-4,6-7,9-10,12-13,16,18,23,29,31H,5,8,11,14-15H2,1-2H3,(H,30,34)(H,32,35)/b4-3-,17-7+,29-13?/t18-,23-/m0/s1. The van der Waals surface area contributed by atoms with Crippen molar-refractivity contribution >= 4 is 34.8 Å². The topological polar surface area (TPSA) is 118 Å². The van der Waals surface area contributed by atoms with Crippen molar-refractivity contribution in [2.75, 3.05) is 13.1 Å². The Morgan fingerprint density at radius 1 is 1.31 bits per heavy atom. The first-order chi connectivity index (χ1) is 17.2. The highest BCUT2D eigenvalue weighted by Gasteiger charge is 2.32. The molecule has 0 bridgehead atoms. The van der Waals surface area contributed by atoms with Crippen LogP contribution in [0.2, 0.25) is 0 Å². The van der Waals surface area contributed by atoms with Gasteiger partial charge in [-0.3, -0.25) is 14.4 Å². The van der Waals surface area contributed by atoms with Crippen molar-refractivity contribution in [2.45, 2.75) is 45.2 Å². The number of benzene rings is 1. The molecule has 192 valence electrons. The van der Waals surface area contributed by atoms with E-state index in [1.807, 2.05) is 13.8 Å². The van der Waals surface area contributed by atoms with Crippen LogP contribution in [0.15, 0.2) is 48.3 Å². The Labute approximate surface area is 208 Å². The van der Waals surface area contributed by atoms with Gasteiger partial charge in [0.05, 0.1) is 12.6 Å². The van der Waals surface area contributed by atoms with Crippen LogP contribution in [0, 0.1) is 17.1 Å². The van der Waals surface area contributed by atoms with Crippen LogP contribution >= 0.6 is 0 Å². The van der Waals surface area contributed by atoms with Crippen molar-refractivity contribution in [1.29, 1.82) is 5.41 Å². The summed E-state index contributed by atoms with van der Waals surface area (Å²) in [5, 5.41) is 13.3. The van der Waals surface area contributed by atoms with Crippen LogP contribution in [-0.4, -0.2) is 59.0 Å². The molecule has 1 aliphatic heterocycles. The number of carbonyl (C=O) groups excluding carboxylic acids is 3. The van der Waals surface area contributed by atoms with E-state index in [1.54, 1.807) is 12.1 Å². The van der Waals surface area contributed by atoms with Crippen LogP contribution in [0.5, 0.6) is 0 Å². The molecular weight excluding hydrogens is 468 g/mol. The second-order valence-electron chi connectivity index (χ2n) is 9.14. The molecule has 0 saturated heterocycles. The Morgan fingerprint density at radius 3 is 2.78 bits per heavy atom.